The van der Waals surface area contributed by atoms with E-state index in [1.54, 1.807) is 36.3 Å². The van der Waals surface area contributed by atoms with E-state index >= 15 is 0 Å². The number of nitrogens with one attached hydrogen (secondary N) is 1. The fourth-order valence-electron chi connectivity index (χ4n) is 3.15. The maximum absolute atomic E-state index is 12.1. The fourth-order valence-corrected chi connectivity index (χ4v) is 3.15. The smallest absolute Gasteiger partial charge is 0.338 e. The van der Waals surface area contributed by atoms with Crippen LogP contribution in [-0.2, 0) is 4.74 Å². The van der Waals surface area contributed by atoms with Crippen LogP contribution < -0.4 is 9.64 Å². The normalized spacial score (nSPS) is 29.0. The zero-order chi connectivity index (χ0) is 13.2. The molecule has 1 atom stereocenters. The first-order chi connectivity index (χ1) is 9.26. The number of hydrogen-bond donors (Lipinski definition) is 1. The van der Waals surface area contributed by atoms with Crippen LogP contribution in [0.1, 0.15) is 23.2 Å². The van der Waals surface area contributed by atoms with Gasteiger partial charge >= 0.3 is 5.97 Å². The summed E-state index contributed by atoms with van der Waals surface area (Å²) in [4.78, 5) is 13.7. The minimum absolute atomic E-state index is 0.104. The molecule has 4 rings (SSSR count). The van der Waals surface area contributed by atoms with Gasteiger partial charge in [0.25, 0.3) is 0 Å². The van der Waals surface area contributed by atoms with Gasteiger partial charge in [0, 0.05) is 18.8 Å². The predicted octanol–water partition coefficient (Wildman–Crippen LogP) is 0.529. The van der Waals surface area contributed by atoms with Gasteiger partial charge in [-0.3, -0.25) is 0 Å². The molecule has 0 aliphatic carbocycles. The summed E-state index contributed by atoms with van der Waals surface area (Å²) in [6, 6.07) is 7.10. The minimum Gasteiger partial charge on any atom is -0.497 e. The second kappa shape index (κ2) is 5.21. The Morgan fingerprint density at radius 2 is 1.89 bits per heavy atom. The van der Waals surface area contributed by atoms with Gasteiger partial charge in [0.05, 0.1) is 25.8 Å². The summed E-state index contributed by atoms with van der Waals surface area (Å²) < 4.78 is 10.8. The van der Waals surface area contributed by atoms with Gasteiger partial charge in [0.15, 0.2) is 6.10 Å². The van der Waals surface area contributed by atoms with Crippen LogP contribution in [0.15, 0.2) is 24.3 Å². The lowest BCUT2D eigenvalue weighted by Gasteiger charge is -2.41. The quantitative estimate of drug-likeness (QED) is 0.808. The van der Waals surface area contributed by atoms with Crippen molar-refractivity contribution in [2.45, 2.75) is 18.9 Å². The molecule has 3 saturated heterocycles. The van der Waals surface area contributed by atoms with Crippen molar-refractivity contribution in [3.05, 3.63) is 29.8 Å². The first-order valence-electron chi connectivity index (χ1n) is 6.95. The average Bonchev–Trinajstić information content (AvgIpc) is 2.48. The van der Waals surface area contributed by atoms with Crippen molar-refractivity contribution in [3.63, 3.8) is 0 Å². The fraction of sp³-hybridized carbons (Fsp3) is 0.533. The number of hydrogen-bond acceptors (Lipinski definition) is 3. The summed E-state index contributed by atoms with van der Waals surface area (Å²) in [5, 5.41) is 0. The summed E-state index contributed by atoms with van der Waals surface area (Å²) in [6.45, 7) is 3.45. The van der Waals surface area contributed by atoms with Gasteiger partial charge < -0.3 is 14.4 Å². The van der Waals surface area contributed by atoms with Crippen LogP contribution in [0.3, 0.4) is 0 Å². The lowest BCUT2D eigenvalue weighted by Crippen LogP contribution is -3.16. The first kappa shape index (κ1) is 12.5. The van der Waals surface area contributed by atoms with Crippen molar-refractivity contribution in [3.8, 4) is 5.75 Å². The van der Waals surface area contributed by atoms with Crippen LogP contribution in [0, 0.1) is 5.92 Å². The van der Waals surface area contributed by atoms with Crippen molar-refractivity contribution in [2.75, 3.05) is 26.7 Å². The van der Waals surface area contributed by atoms with E-state index < -0.39 is 0 Å². The molecule has 0 saturated carbocycles. The van der Waals surface area contributed by atoms with Crippen LogP contribution >= 0.6 is 0 Å². The molecule has 0 aromatic heterocycles. The molecule has 4 nitrogen and oxygen atoms in total. The van der Waals surface area contributed by atoms with Crippen LogP contribution in [0.25, 0.3) is 0 Å². The summed E-state index contributed by atoms with van der Waals surface area (Å²) >= 11 is 0. The van der Waals surface area contributed by atoms with E-state index in [2.05, 4.69) is 0 Å². The highest BCUT2D eigenvalue weighted by Crippen LogP contribution is 2.22. The van der Waals surface area contributed by atoms with Crippen LogP contribution in [-0.4, -0.2) is 38.8 Å². The lowest BCUT2D eigenvalue weighted by atomic mass is 9.86. The van der Waals surface area contributed by atoms with E-state index in [-0.39, 0.29) is 12.1 Å². The molecule has 1 N–H and O–H groups in total. The number of ether oxygens (including phenoxy) is 2. The van der Waals surface area contributed by atoms with Gasteiger partial charge in [-0.05, 0) is 24.3 Å². The molecule has 19 heavy (non-hydrogen) atoms. The van der Waals surface area contributed by atoms with Crippen molar-refractivity contribution in [1.82, 2.24) is 0 Å². The van der Waals surface area contributed by atoms with Crippen molar-refractivity contribution in [1.29, 1.82) is 0 Å². The molecule has 0 radical (unpaired) electrons. The number of methoxy groups -OCH3 is 1. The van der Waals surface area contributed by atoms with Gasteiger partial charge in [-0.15, -0.1) is 0 Å². The Bertz CT molecular complexity index is 449. The number of carbonyl (C=O) groups excluding carboxylic acids is 1. The lowest BCUT2D eigenvalue weighted by molar-refractivity contribution is -0.920. The predicted molar refractivity (Wildman–Crippen MR) is 70.5 cm³/mol. The average molecular weight is 262 g/mol. The van der Waals surface area contributed by atoms with Crippen LogP contribution in [0.2, 0.25) is 0 Å². The first-order valence-corrected chi connectivity index (χ1v) is 6.95. The maximum atomic E-state index is 12.1. The molecule has 3 fully saturated rings. The van der Waals surface area contributed by atoms with Gasteiger partial charge in [-0.25, -0.2) is 4.79 Å². The van der Waals surface area contributed by atoms with E-state index in [4.69, 9.17) is 9.47 Å². The van der Waals surface area contributed by atoms with Gasteiger partial charge in [0.2, 0.25) is 0 Å². The third-order valence-corrected chi connectivity index (χ3v) is 4.34. The molecule has 1 aromatic rings. The van der Waals surface area contributed by atoms with Crippen molar-refractivity contribution in [2.24, 2.45) is 5.92 Å². The monoisotopic (exact) mass is 262 g/mol. The van der Waals surface area contributed by atoms with Gasteiger partial charge in [-0.2, -0.15) is 0 Å². The number of esters is 1. The van der Waals surface area contributed by atoms with Crippen LogP contribution in [0.4, 0.5) is 0 Å². The van der Waals surface area contributed by atoms with Gasteiger partial charge in [-0.1, -0.05) is 0 Å². The molecule has 3 heterocycles. The molecule has 1 unspecified atom stereocenters. The molecule has 3 aliphatic heterocycles. The van der Waals surface area contributed by atoms with E-state index in [9.17, 15) is 4.79 Å². The van der Waals surface area contributed by atoms with E-state index in [1.165, 1.54) is 25.9 Å². The SMILES string of the molecule is COc1ccc(C(=O)OC2C[NH+]3CCC2CC3)cc1. The number of fused-ring (bicyclic) bond motifs is 3. The van der Waals surface area contributed by atoms with Crippen molar-refractivity contribution >= 4 is 5.97 Å². The summed E-state index contributed by atoms with van der Waals surface area (Å²) in [5.41, 5.74) is 0.604. The zero-order valence-corrected chi connectivity index (χ0v) is 11.2. The van der Waals surface area contributed by atoms with Crippen LogP contribution in [0.5, 0.6) is 5.75 Å². The van der Waals surface area contributed by atoms with E-state index in [0.717, 1.165) is 12.3 Å². The summed E-state index contributed by atoms with van der Waals surface area (Å²) in [6.07, 6.45) is 2.48. The zero-order valence-electron chi connectivity index (χ0n) is 11.2. The molecular weight excluding hydrogens is 242 g/mol. The molecule has 4 heteroatoms. The Balaban J connectivity index is 1.64. The Morgan fingerprint density at radius 3 is 2.42 bits per heavy atom. The molecule has 102 valence electrons. The molecular formula is C15H20NO3+. The van der Waals surface area contributed by atoms with E-state index in [1.807, 2.05) is 0 Å². The third-order valence-electron chi connectivity index (χ3n) is 4.34. The standard InChI is InChI=1S/C15H19NO3/c1-18-13-4-2-12(3-5-13)15(17)19-14-10-16-8-6-11(14)7-9-16/h2-5,11,14H,6-10H2,1H3/p+1. The Hall–Kier alpha value is -1.55. The molecule has 0 amide bonds. The Morgan fingerprint density at radius 1 is 1.21 bits per heavy atom. The highest BCUT2D eigenvalue weighted by Gasteiger charge is 2.39. The maximum Gasteiger partial charge on any atom is 0.338 e. The molecule has 1 aromatic carbocycles. The number of carbonyl (C=O) groups is 1. The minimum atomic E-state index is -0.208. The molecule has 2 bridgehead atoms. The number of quaternary nitrogens is 1. The third kappa shape index (κ3) is 2.59. The molecule has 3 aliphatic rings. The largest absolute Gasteiger partial charge is 0.497 e. The van der Waals surface area contributed by atoms with E-state index in [0.29, 0.717) is 11.5 Å². The number of piperidine rings is 3. The Labute approximate surface area is 113 Å². The van der Waals surface area contributed by atoms with Crippen molar-refractivity contribution < 1.29 is 19.2 Å². The highest BCUT2D eigenvalue weighted by atomic mass is 16.5. The number of benzene rings is 1. The topological polar surface area (TPSA) is 40.0 Å². The summed E-state index contributed by atoms with van der Waals surface area (Å²) in [7, 11) is 1.61. The highest BCUT2D eigenvalue weighted by molar-refractivity contribution is 5.89. The Kier molecular flexibility index (Phi) is 3.42. The second-order valence-electron chi connectivity index (χ2n) is 5.46. The molecule has 0 spiro atoms. The second-order valence-corrected chi connectivity index (χ2v) is 5.46. The summed E-state index contributed by atoms with van der Waals surface area (Å²) in [5.74, 6) is 1.12. The number of rotatable bonds is 3. The van der Waals surface area contributed by atoms with Gasteiger partial charge in [0.1, 0.15) is 12.3 Å².